The van der Waals surface area contributed by atoms with Crippen LogP contribution in [0, 0.1) is 0 Å². The van der Waals surface area contributed by atoms with E-state index in [1.807, 2.05) is 13.8 Å². The van der Waals surface area contributed by atoms with E-state index in [2.05, 4.69) is 5.32 Å². The van der Waals surface area contributed by atoms with Crippen molar-refractivity contribution in [3.8, 4) is 0 Å². The fourth-order valence-corrected chi connectivity index (χ4v) is 2.75. The summed E-state index contributed by atoms with van der Waals surface area (Å²) in [6.07, 6.45) is 0.376. The van der Waals surface area contributed by atoms with Crippen LogP contribution in [0.25, 0.3) is 0 Å². The zero-order chi connectivity index (χ0) is 16.3. The molecule has 22 heavy (non-hydrogen) atoms. The number of carbonyl (C=O) groups excluding carboxylic acids is 3. The van der Waals surface area contributed by atoms with Crippen molar-refractivity contribution in [1.29, 1.82) is 0 Å². The average Bonchev–Trinajstić information content (AvgIpc) is 2.88. The highest BCUT2D eigenvalue weighted by Crippen LogP contribution is 2.18. The molecule has 8 heteroatoms. The number of nitrogens with two attached hydrogens (primary N) is 1. The van der Waals surface area contributed by atoms with Crippen LogP contribution in [-0.2, 0) is 19.1 Å². The molecule has 0 radical (unpaired) electrons. The van der Waals surface area contributed by atoms with Crippen LogP contribution in [0.3, 0.4) is 0 Å². The fourth-order valence-electron chi connectivity index (χ4n) is 2.75. The van der Waals surface area contributed by atoms with Gasteiger partial charge in [-0.25, -0.2) is 0 Å². The third kappa shape index (κ3) is 3.75. The maximum atomic E-state index is 12.4. The molecule has 2 aliphatic rings. The van der Waals surface area contributed by atoms with Crippen molar-refractivity contribution >= 4 is 17.7 Å². The minimum absolute atomic E-state index is 0.0313. The van der Waals surface area contributed by atoms with E-state index in [4.69, 9.17) is 10.5 Å². The number of carbonyl (C=O) groups is 3. The molecule has 124 valence electrons. The van der Waals surface area contributed by atoms with Crippen LogP contribution in [0.1, 0.15) is 20.3 Å². The topological polar surface area (TPSA) is 105 Å². The van der Waals surface area contributed by atoms with E-state index in [-0.39, 0.29) is 24.5 Å². The minimum Gasteiger partial charge on any atom is -0.378 e. The second kappa shape index (κ2) is 7.06. The Hall–Kier alpha value is -1.67. The molecule has 2 atom stereocenters. The first kappa shape index (κ1) is 16.7. The molecular formula is C14H24N4O4. The lowest BCUT2D eigenvalue weighted by molar-refractivity contribution is -0.155. The van der Waals surface area contributed by atoms with Crippen LogP contribution in [0.4, 0.5) is 0 Å². The molecule has 0 spiro atoms. The minimum atomic E-state index is -0.671. The number of rotatable bonds is 2. The van der Waals surface area contributed by atoms with Crippen LogP contribution in [0.15, 0.2) is 0 Å². The molecule has 8 nitrogen and oxygen atoms in total. The second-order valence-corrected chi connectivity index (χ2v) is 6.04. The van der Waals surface area contributed by atoms with Gasteiger partial charge in [0.15, 0.2) is 0 Å². The first-order chi connectivity index (χ1) is 10.4. The number of hydrogen-bond acceptors (Lipinski definition) is 5. The molecule has 0 saturated carbocycles. The molecule has 2 heterocycles. The molecule has 0 aromatic carbocycles. The molecule has 0 aromatic heterocycles. The number of ether oxygens (including phenoxy) is 1. The van der Waals surface area contributed by atoms with Crippen LogP contribution in [0.2, 0.25) is 0 Å². The van der Waals surface area contributed by atoms with Gasteiger partial charge in [-0.3, -0.25) is 14.4 Å². The van der Waals surface area contributed by atoms with Gasteiger partial charge in [-0.15, -0.1) is 0 Å². The van der Waals surface area contributed by atoms with Gasteiger partial charge in [0.2, 0.25) is 5.91 Å². The van der Waals surface area contributed by atoms with Gasteiger partial charge in [0.1, 0.15) is 6.04 Å². The Balaban J connectivity index is 2.05. The SMILES string of the molecule is CC(C)NC(=O)[C@@H]1C[C@H](N)CN1C(=O)C(=O)N1CCOCC1. The number of morpholine rings is 1. The van der Waals surface area contributed by atoms with E-state index in [0.717, 1.165) is 0 Å². The van der Waals surface area contributed by atoms with Gasteiger partial charge < -0.3 is 25.6 Å². The fraction of sp³-hybridized carbons (Fsp3) is 0.786. The summed E-state index contributed by atoms with van der Waals surface area (Å²) in [6.45, 7) is 5.56. The third-order valence-corrected chi connectivity index (χ3v) is 3.81. The highest BCUT2D eigenvalue weighted by molar-refractivity contribution is 6.35. The highest BCUT2D eigenvalue weighted by Gasteiger charge is 2.41. The summed E-state index contributed by atoms with van der Waals surface area (Å²) in [4.78, 5) is 39.7. The zero-order valence-electron chi connectivity index (χ0n) is 13.1. The number of hydrogen-bond donors (Lipinski definition) is 2. The maximum absolute atomic E-state index is 12.4. The van der Waals surface area contributed by atoms with Crippen molar-refractivity contribution in [2.75, 3.05) is 32.8 Å². The van der Waals surface area contributed by atoms with Crippen LogP contribution in [0.5, 0.6) is 0 Å². The quantitative estimate of drug-likeness (QED) is 0.591. The number of amides is 3. The molecule has 0 aromatic rings. The van der Waals surface area contributed by atoms with Crippen molar-refractivity contribution < 1.29 is 19.1 Å². The zero-order valence-corrected chi connectivity index (χ0v) is 13.1. The first-order valence-electron chi connectivity index (χ1n) is 7.63. The Labute approximate surface area is 129 Å². The van der Waals surface area contributed by atoms with E-state index in [1.54, 1.807) is 0 Å². The molecule has 0 bridgehead atoms. The van der Waals surface area contributed by atoms with Crippen LogP contribution >= 0.6 is 0 Å². The summed E-state index contributed by atoms with van der Waals surface area (Å²) in [6, 6.07) is -0.990. The molecule has 2 saturated heterocycles. The summed E-state index contributed by atoms with van der Waals surface area (Å²) >= 11 is 0. The largest absolute Gasteiger partial charge is 0.378 e. The van der Waals surface area contributed by atoms with Gasteiger partial charge in [-0.2, -0.15) is 0 Å². The molecule has 0 aliphatic carbocycles. The summed E-state index contributed by atoms with van der Waals surface area (Å²) in [7, 11) is 0. The second-order valence-electron chi connectivity index (χ2n) is 6.04. The Morgan fingerprint density at radius 2 is 1.82 bits per heavy atom. The smallest absolute Gasteiger partial charge is 0.312 e. The lowest BCUT2D eigenvalue weighted by atomic mass is 10.1. The Morgan fingerprint density at radius 3 is 2.41 bits per heavy atom. The van der Waals surface area contributed by atoms with E-state index < -0.39 is 17.9 Å². The molecule has 0 unspecified atom stereocenters. The van der Waals surface area contributed by atoms with Gasteiger partial charge in [0.05, 0.1) is 13.2 Å². The van der Waals surface area contributed by atoms with E-state index >= 15 is 0 Å². The van der Waals surface area contributed by atoms with Gasteiger partial charge >= 0.3 is 11.8 Å². The molecular weight excluding hydrogens is 288 g/mol. The van der Waals surface area contributed by atoms with Gasteiger partial charge in [-0.1, -0.05) is 0 Å². The predicted octanol–water partition coefficient (Wildman–Crippen LogP) is -1.70. The molecule has 2 rings (SSSR count). The first-order valence-corrected chi connectivity index (χ1v) is 7.63. The Morgan fingerprint density at radius 1 is 1.18 bits per heavy atom. The molecule has 3 N–H and O–H groups in total. The van der Waals surface area contributed by atoms with Crippen molar-refractivity contribution in [2.45, 2.75) is 38.4 Å². The van der Waals surface area contributed by atoms with E-state index in [0.29, 0.717) is 32.7 Å². The number of likely N-dealkylation sites (tertiary alicyclic amines) is 1. The number of nitrogens with one attached hydrogen (secondary N) is 1. The van der Waals surface area contributed by atoms with Crippen LogP contribution in [-0.4, -0.2) is 78.5 Å². The predicted molar refractivity (Wildman–Crippen MR) is 78.8 cm³/mol. The lowest BCUT2D eigenvalue weighted by Gasteiger charge is -2.30. The van der Waals surface area contributed by atoms with Crippen molar-refractivity contribution in [1.82, 2.24) is 15.1 Å². The van der Waals surface area contributed by atoms with Gasteiger partial charge in [-0.05, 0) is 20.3 Å². The van der Waals surface area contributed by atoms with Crippen LogP contribution < -0.4 is 11.1 Å². The molecule has 3 amide bonds. The molecule has 2 aliphatic heterocycles. The third-order valence-electron chi connectivity index (χ3n) is 3.81. The monoisotopic (exact) mass is 312 g/mol. The summed E-state index contributed by atoms with van der Waals surface area (Å²) < 4.78 is 5.17. The van der Waals surface area contributed by atoms with Crippen molar-refractivity contribution in [3.05, 3.63) is 0 Å². The van der Waals surface area contributed by atoms with E-state index in [9.17, 15) is 14.4 Å². The van der Waals surface area contributed by atoms with Crippen molar-refractivity contribution in [2.24, 2.45) is 5.73 Å². The average molecular weight is 312 g/mol. The van der Waals surface area contributed by atoms with Gasteiger partial charge in [0, 0.05) is 31.7 Å². The van der Waals surface area contributed by atoms with Crippen molar-refractivity contribution in [3.63, 3.8) is 0 Å². The normalized spacial score (nSPS) is 25.5. The van der Waals surface area contributed by atoms with Gasteiger partial charge in [0.25, 0.3) is 0 Å². The summed E-state index contributed by atoms with van der Waals surface area (Å²) in [5.74, 6) is -1.50. The van der Waals surface area contributed by atoms with E-state index in [1.165, 1.54) is 9.80 Å². The standard InChI is InChI=1S/C14H24N4O4/c1-9(2)16-12(19)11-7-10(15)8-18(11)14(21)13(20)17-3-5-22-6-4-17/h9-11H,3-8,15H2,1-2H3,(H,16,19)/t10-,11-/m0/s1. The summed E-state index contributed by atoms with van der Waals surface area (Å²) in [5, 5.41) is 2.78. The Kier molecular flexibility index (Phi) is 5.36. The maximum Gasteiger partial charge on any atom is 0.312 e. The lowest BCUT2D eigenvalue weighted by Crippen LogP contribution is -2.54. The molecule has 2 fully saturated rings. The Bertz CT molecular complexity index is 448. The number of nitrogens with zero attached hydrogens (tertiary/aromatic N) is 2. The summed E-state index contributed by atoms with van der Waals surface area (Å²) in [5.41, 5.74) is 5.88. The highest BCUT2D eigenvalue weighted by atomic mass is 16.5.